The second-order valence-corrected chi connectivity index (χ2v) is 5.61. The molecule has 1 unspecified atom stereocenters. The summed E-state index contributed by atoms with van der Waals surface area (Å²) in [5.41, 5.74) is 0.941. The Morgan fingerprint density at radius 2 is 2.09 bits per heavy atom. The zero-order valence-corrected chi connectivity index (χ0v) is 14.4. The maximum absolute atomic E-state index is 12.6. The molecule has 1 amide bonds. The highest BCUT2D eigenvalue weighted by molar-refractivity contribution is 5.92. The lowest BCUT2D eigenvalue weighted by molar-refractivity contribution is -0.141. The van der Waals surface area contributed by atoms with Gasteiger partial charge in [-0.2, -0.15) is 0 Å². The summed E-state index contributed by atoms with van der Waals surface area (Å²) < 4.78 is 10.9. The molecule has 23 heavy (non-hydrogen) atoms. The topological polar surface area (TPSA) is 80.0 Å². The Bertz CT molecular complexity index is 523. The van der Waals surface area contributed by atoms with Crippen molar-refractivity contribution in [2.75, 3.05) is 26.3 Å². The maximum atomic E-state index is 12.6. The van der Waals surface area contributed by atoms with Crippen LogP contribution in [0.5, 0.6) is 0 Å². The minimum atomic E-state index is -0.919. The van der Waals surface area contributed by atoms with Gasteiger partial charge in [0.2, 0.25) is 0 Å². The third-order valence-electron chi connectivity index (χ3n) is 3.68. The molecular weight excluding hydrogens is 298 g/mol. The fraction of sp³-hybridized carbons (Fsp3) is 0.647. The number of ether oxygens (including phenoxy) is 1. The molecule has 0 saturated heterocycles. The molecule has 0 spiro atoms. The van der Waals surface area contributed by atoms with Gasteiger partial charge in [0, 0.05) is 32.7 Å². The zero-order valence-electron chi connectivity index (χ0n) is 14.4. The Kier molecular flexibility index (Phi) is 7.81. The van der Waals surface area contributed by atoms with Crippen molar-refractivity contribution in [2.24, 2.45) is 5.92 Å². The number of carbonyl (C=O) groups excluding carboxylic acids is 1. The van der Waals surface area contributed by atoms with Gasteiger partial charge >= 0.3 is 5.97 Å². The fourth-order valence-electron chi connectivity index (χ4n) is 2.32. The predicted octanol–water partition coefficient (Wildman–Crippen LogP) is 2.74. The first-order valence-corrected chi connectivity index (χ1v) is 8.09. The summed E-state index contributed by atoms with van der Waals surface area (Å²) >= 11 is 0. The first-order chi connectivity index (χ1) is 10.9. The minimum absolute atomic E-state index is 0.154. The molecule has 1 heterocycles. The van der Waals surface area contributed by atoms with Gasteiger partial charge in [0.25, 0.3) is 5.91 Å². The van der Waals surface area contributed by atoms with Gasteiger partial charge in [0.15, 0.2) is 5.76 Å². The number of carboxylic acid groups (broad SMARTS) is 1. The van der Waals surface area contributed by atoms with E-state index in [9.17, 15) is 9.59 Å². The van der Waals surface area contributed by atoms with E-state index < -0.39 is 11.9 Å². The van der Waals surface area contributed by atoms with Crippen LogP contribution < -0.4 is 0 Å². The Hall–Kier alpha value is -1.82. The van der Waals surface area contributed by atoms with Crippen LogP contribution in [0.2, 0.25) is 0 Å². The molecule has 6 heteroatoms. The molecule has 6 nitrogen and oxygen atoms in total. The number of carbonyl (C=O) groups is 2. The minimum Gasteiger partial charge on any atom is -0.481 e. The lowest BCUT2D eigenvalue weighted by atomic mass is 10.1. The Morgan fingerprint density at radius 3 is 2.61 bits per heavy atom. The van der Waals surface area contributed by atoms with Crippen molar-refractivity contribution in [3.05, 3.63) is 23.2 Å². The van der Waals surface area contributed by atoms with E-state index >= 15 is 0 Å². The smallest absolute Gasteiger partial charge is 0.308 e. The van der Waals surface area contributed by atoms with E-state index in [4.69, 9.17) is 14.3 Å². The van der Waals surface area contributed by atoms with Gasteiger partial charge in [-0.05, 0) is 31.9 Å². The van der Waals surface area contributed by atoms with Crippen molar-refractivity contribution < 1.29 is 23.8 Å². The molecule has 1 aromatic rings. The van der Waals surface area contributed by atoms with Crippen molar-refractivity contribution in [3.8, 4) is 0 Å². The van der Waals surface area contributed by atoms with Gasteiger partial charge in [-0.25, -0.2) is 0 Å². The summed E-state index contributed by atoms with van der Waals surface area (Å²) in [6.07, 6.45) is 1.38. The Labute approximate surface area is 137 Å². The maximum Gasteiger partial charge on any atom is 0.308 e. The highest BCUT2D eigenvalue weighted by Gasteiger charge is 2.24. The molecular formula is C17H27NO5. The number of carboxylic acids is 1. The fourth-order valence-corrected chi connectivity index (χ4v) is 2.32. The average molecular weight is 325 g/mol. The summed E-state index contributed by atoms with van der Waals surface area (Å²) in [6, 6.07) is 1.72. The first-order valence-electron chi connectivity index (χ1n) is 8.09. The van der Waals surface area contributed by atoms with E-state index in [0.29, 0.717) is 26.2 Å². The second kappa shape index (κ2) is 9.35. The molecule has 0 aliphatic rings. The standard InChI is InChI=1S/C17H27NO5/c1-5-14-12(3)10-15(23-14)16(19)18(8-7-9-22-6-2)11-13(4)17(20)21/h10,13H,5-9,11H2,1-4H3,(H,20,21). The number of hydrogen-bond donors (Lipinski definition) is 1. The quantitative estimate of drug-likeness (QED) is 0.669. The molecule has 0 bridgehead atoms. The van der Waals surface area contributed by atoms with Crippen molar-refractivity contribution in [1.29, 1.82) is 0 Å². The van der Waals surface area contributed by atoms with Crippen molar-refractivity contribution >= 4 is 11.9 Å². The van der Waals surface area contributed by atoms with Crippen LogP contribution >= 0.6 is 0 Å². The Morgan fingerprint density at radius 1 is 1.39 bits per heavy atom. The zero-order chi connectivity index (χ0) is 17.4. The average Bonchev–Trinajstić information content (AvgIpc) is 2.90. The van der Waals surface area contributed by atoms with Gasteiger partial charge in [0.1, 0.15) is 5.76 Å². The predicted molar refractivity (Wildman–Crippen MR) is 86.6 cm³/mol. The highest BCUT2D eigenvalue weighted by Crippen LogP contribution is 2.18. The van der Waals surface area contributed by atoms with Crippen LogP contribution in [-0.2, 0) is 16.0 Å². The van der Waals surface area contributed by atoms with E-state index in [1.165, 1.54) is 4.90 Å². The monoisotopic (exact) mass is 325 g/mol. The van der Waals surface area contributed by atoms with E-state index in [1.54, 1.807) is 13.0 Å². The summed E-state index contributed by atoms with van der Waals surface area (Å²) in [6.45, 7) is 9.13. The van der Waals surface area contributed by atoms with E-state index in [0.717, 1.165) is 17.7 Å². The normalized spacial score (nSPS) is 12.2. The Balaban J connectivity index is 2.82. The molecule has 1 atom stereocenters. The number of amides is 1. The number of hydrogen-bond acceptors (Lipinski definition) is 4. The van der Waals surface area contributed by atoms with Gasteiger partial charge in [-0.15, -0.1) is 0 Å². The van der Waals surface area contributed by atoms with Gasteiger partial charge in [-0.1, -0.05) is 13.8 Å². The molecule has 130 valence electrons. The number of furan rings is 1. The molecule has 0 aliphatic carbocycles. The number of rotatable bonds is 10. The number of aryl methyl sites for hydroxylation is 2. The lowest BCUT2D eigenvalue weighted by Crippen LogP contribution is -2.37. The SMILES string of the molecule is CCOCCCN(CC(C)C(=O)O)C(=O)c1cc(C)c(CC)o1. The number of nitrogens with zero attached hydrogens (tertiary/aromatic N) is 1. The number of aliphatic carboxylic acids is 1. The van der Waals surface area contributed by atoms with Gasteiger partial charge in [-0.3, -0.25) is 9.59 Å². The van der Waals surface area contributed by atoms with Gasteiger partial charge < -0.3 is 19.2 Å². The third kappa shape index (κ3) is 5.71. The summed E-state index contributed by atoms with van der Waals surface area (Å²) in [7, 11) is 0. The summed E-state index contributed by atoms with van der Waals surface area (Å²) in [4.78, 5) is 25.3. The summed E-state index contributed by atoms with van der Waals surface area (Å²) in [5, 5.41) is 9.09. The molecule has 0 aromatic carbocycles. The van der Waals surface area contributed by atoms with E-state index in [2.05, 4.69) is 0 Å². The van der Waals surface area contributed by atoms with Crippen molar-refractivity contribution in [2.45, 2.75) is 40.5 Å². The largest absolute Gasteiger partial charge is 0.481 e. The van der Waals surface area contributed by atoms with Crippen molar-refractivity contribution in [3.63, 3.8) is 0 Å². The van der Waals surface area contributed by atoms with Crippen LogP contribution in [0.25, 0.3) is 0 Å². The van der Waals surface area contributed by atoms with Crippen LogP contribution in [-0.4, -0.2) is 48.2 Å². The van der Waals surface area contributed by atoms with E-state index in [-0.39, 0.29) is 18.2 Å². The molecule has 1 rings (SSSR count). The lowest BCUT2D eigenvalue weighted by Gasteiger charge is -2.23. The second-order valence-electron chi connectivity index (χ2n) is 5.61. The highest BCUT2D eigenvalue weighted by atomic mass is 16.5. The molecule has 0 saturated carbocycles. The van der Waals surface area contributed by atoms with Crippen LogP contribution in [0.15, 0.2) is 10.5 Å². The van der Waals surface area contributed by atoms with Crippen LogP contribution in [0.3, 0.4) is 0 Å². The van der Waals surface area contributed by atoms with Crippen molar-refractivity contribution in [1.82, 2.24) is 4.90 Å². The van der Waals surface area contributed by atoms with Crippen LogP contribution in [0.4, 0.5) is 0 Å². The van der Waals surface area contributed by atoms with Crippen LogP contribution in [0.1, 0.15) is 49.1 Å². The summed E-state index contributed by atoms with van der Waals surface area (Å²) in [5.74, 6) is -0.759. The molecule has 0 aliphatic heterocycles. The first kappa shape index (κ1) is 19.2. The van der Waals surface area contributed by atoms with Gasteiger partial charge in [0.05, 0.1) is 5.92 Å². The van der Waals surface area contributed by atoms with E-state index in [1.807, 2.05) is 20.8 Å². The third-order valence-corrected chi connectivity index (χ3v) is 3.68. The molecule has 1 N–H and O–H groups in total. The molecule has 1 aromatic heterocycles. The molecule has 0 radical (unpaired) electrons. The van der Waals surface area contributed by atoms with Crippen LogP contribution in [0, 0.1) is 12.8 Å². The molecule has 0 fully saturated rings.